The first-order valence-electron chi connectivity index (χ1n) is 6.32. The molecule has 0 aromatic carbocycles. The molecule has 0 saturated carbocycles. The minimum Gasteiger partial charge on any atom is -0.314 e. The normalized spacial score (nSPS) is 19.8. The maximum Gasteiger partial charge on any atom is 0.0566 e. The van der Waals surface area contributed by atoms with Crippen LogP contribution in [0.5, 0.6) is 0 Å². The average Bonchev–Trinajstić information content (AvgIpc) is 2.73. The Morgan fingerprint density at radius 3 is 2.65 bits per heavy atom. The number of aryl methyl sites for hydroxylation is 1. The molecule has 3 nitrogen and oxygen atoms in total. The maximum atomic E-state index is 3.41. The first kappa shape index (κ1) is 13.0. The van der Waals surface area contributed by atoms with Crippen molar-refractivity contribution in [3.05, 3.63) is 21.9 Å². The number of piperazine rings is 1. The van der Waals surface area contributed by atoms with Crippen LogP contribution >= 0.6 is 11.3 Å². The van der Waals surface area contributed by atoms with Gasteiger partial charge in [0.25, 0.3) is 0 Å². The molecule has 96 valence electrons. The summed E-state index contributed by atoms with van der Waals surface area (Å²) in [5.74, 6) is 0. The first-order valence-corrected chi connectivity index (χ1v) is 7.20. The molecule has 1 unspecified atom stereocenters. The quantitative estimate of drug-likeness (QED) is 0.878. The molecule has 1 aliphatic heterocycles. The van der Waals surface area contributed by atoms with Gasteiger partial charge in [-0.15, -0.1) is 11.3 Å². The Balaban J connectivity index is 2.05. The number of nitrogens with one attached hydrogen (secondary N) is 1. The lowest BCUT2D eigenvalue weighted by atomic mass is 10.1. The molecule has 0 spiro atoms. The van der Waals surface area contributed by atoms with Gasteiger partial charge < -0.3 is 10.2 Å². The van der Waals surface area contributed by atoms with E-state index in [2.05, 4.69) is 47.6 Å². The second-order valence-electron chi connectivity index (χ2n) is 5.00. The van der Waals surface area contributed by atoms with E-state index in [1.54, 1.807) is 0 Å². The van der Waals surface area contributed by atoms with Crippen LogP contribution in [0.1, 0.15) is 16.5 Å². The molecular weight excluding hydrogens is 230 g/mol. The number of hydrogen-bond donors (Lipinski definition) is 1. The minimum absolute atomic E-state index is 0.535. The highest BCUT2D eigenvalue weighted by molar-refractivity contribution is 7.10. The summed E-state index contributed by atoms with van der Waals surface area (Å²) in [6.07, 6.45) is 0. The maximum absolute atomic E-state index is 3.41. The molecule has 1 N–H and O–H groups in total. The van der Waals surface area contributed by atoms with Crippen molar-refractivity contribution in [2.45, 2.75) is 13.0 Å². The summed E-state index contributed by atoms with van der Waals surface area (Å²) < 4.78 is 0. The van der Waals surface area contributed by atoms with Crippen molar-refractivity contribution >= 4 is 11.3 Å². The molecule has 17 heavy (non-hydrogen) atoms. The topological polar surface area (TPSA) is 18.5 Å². The van der Waals surface area contributed by atoms with E-state index in [1.807, 2.05) is 11.3 Å². The zero-order chi connectivity index (χ0) is 12.3. The highest BCUT2D eigenvalue weighted by Crippen LogP contribution is 2.28. The van der Waals surface area contributed by atoms with Gasteiger partial charge >= 0.3 is 0 Å². The van der Waals surface area contributed by atoms with Crippen molar-refractivity contribution in [2.75, 3.05) is 46.8 Å². The zero-order valence-electron chi connectivity index (χ0n) is 11.1. The Bertz CT molecular complexity index is 342. The Morgan fingerprint density at radius 1 is 1.41 bits per heavy atom. The molecule has 1 atom stereocenters. The SMILES string of the molecule is Cc1ccsc1C(CN1CCNCC1)N(C)C. The molecule has 0 aliphatic carbocycles. The highest BCUT2D eigenvalue weighted by Gasteiger charge is 2.21. The van der Waals surface area contributed by atoms with E-state index in [0.29, 0.717) is 6.04 Å². The molecule has 1 aliphatic rings. The van der Waals surface area contributed by atoms with Crippen molar-refractivity contribution in [3.8, 4) is 0 Å². The Labute approximate surface area is 108 Å². The fraction of sp³-hybridized carbons (Fsp3) is 0.692. The van der Waals surface area contributed by atoms with Gasteiger partial charge in [-0.3, -0.25) is 4.90 Å². The van der Waals surface area contributed by atoms with Crippen LogP contribution in [0.4, 0.5) is 0 Å². The van der Waals surface area contributed by atoms with E-state index >= 15 is 0 Å². The van der Waals surface area contributed by atoms with E-state index in [1.165, 1.54) is 23.5 Å². The smallest absolute Gasteiger partial charge is 0.0566 e. The molecular formula is C13H23N3S. The molecule has 1 aromatic heterocycles. The van der Waals surface area contributed by atoms with Crippen molar-refractivity contribution < 1.29 is 0 Å². The van der Waals surface area contributed by atoms with Gasteiger partial charge in [0.1, 0.15) is 0 Å². The van der Waals surface area contributed by atoms with Crippen LogP contribution in [-0.2, 0) is 0 Å². The largest absolute Gasteiger partial charge is 0.314 e. The van der Waals surface area contributed by atoms with Gasteiger partial charge in [-0.2, -0.15) is 0 Å². The molecule has 2 heterocycles. The van der Waals surface area contributed by atoms with E-state index in [4.69, 9.17) is 0 Å². The summed E-state index contributed by atoms with van der Waals surface area (Å²) in [5.41, 5.74) is 1.43. The van der Waals surface area contributed by atoms with Gasteiger partial charge in [-0.1, -0.05) is 0 Å². The summed E-state index contributed by atoms with van der Waals surface area (Å²) in [4.78, 5) is 6.44. The molecule has 4 heteroatoms. The fourth-order valence-electron chi connectivity index (χ4n) is 2.34. The molecule has 0 radical (unpaired) electrons. The van der Waals surface area contributed by atoms with E-state index < -0.39 is 0 Å². The lowest BCUT2D eigenvalue weighted by molar-refractivity contribution is 0.170. The van der Waals surface area contributed by atoms with E-state index in [-0.39, 0.29) is 0 Å². The predicted octanol–water partition coefficient (Wildman–Crippen LogP) is 1.56. The molecule has 0 amide bonds. The lowest BCUT2D eigenvalue weighted by Gasteiger charge is -2.33. The van der Waals surface area contributed by atoms with Gasteiger partial charge in [0.15, 0.2) is 0 Å². The van der Waals surface area contributed by atoms with Crippen LogP contribution in [0.2, 0.25) is 0 Å². The Hall–Kier alpha value is -0.420. The average molecular weight is 253 g/mol. The van der Waals surface area contributed by atoms with Gasteiger partial charge in [-0.05, 0) is 38.0 Å². The third kappa shape index (κ3) is 3.28. The molecule has 0 bridgehead atoms. The predicted molar refractivity (Wildman–Crippen MR) is 74.8 cm³/mol. The fourth-order valence-corrected chi connectivity index (χ4v) is 3.46. The van der Waals surface area contributed by atoms with Crippen molar-refractivity contribution in [1.29, 1.82) is 0 Å². The molecule has 1 saturated heterocycles. The van der Waals surface area contributed by atoms with Crippen LogP contribution < -0.4 is 5.32 Å². The van der Waals surface area contributed by atoms with Crippen LogP contribution in [0.3, 0.4) is 0 Å². The summed E-state index contributed by atoms with van der Waals surface area (Å²) in [7, 11) is 4.37. The monoisotopic (exact) mass is 253 g/mol. The third-order valence-corrected chi connectivity index (χ3v) is 4.59. The van der Waals surface area contributed by atoms with Crippen molar-refractivity contribution in [2.24, 2.45) is 0 Å². The number of likely N-dealkylation sites (N-methyl/N-ethyl adjacent to an activating group) is 1. The number of rotatable bonds is 4. The lowest BCUT2D eigenvalue weighted by Crippen LogP contribution is -2.46. The third-order valence-electron chi connectivity index (χ3n) is 3.47. The molecule has 2 rings (SSSR count). The van der Waals surface area contributed by atoms with Gasteiger partial charge in [0.05, 0.1) is 6.04 Å². The van der Waals surface area contributed by atoms with E-state index in [0.717, 1.165) is 19.6 Å². The van der Waals surface area contributed by atoms with Gasteiger partial charge in [-0.25, -0.2) is 0 Å². The molecule has 1 fully saturated rings. The second kappa shape index (κ2) is 5.96. The zero-order valence-corrected chi connectivity index (χ0v) is 11.9. The summed E-state index contributed by atoms with van der Waals surface area (Å²) >= 11 is 1.89. The van der Waals surface area contributed by atoms with E-state index in [9.17, 15) is 0 Å². The Morgan fingerprint density at radius 2 is 2.12 bits per heavy atom. The summed E-state index contributed by atoms with van der Waals surface area (Å²) in [6.45, 7) is 7.98. The summed E-state index contributed by atoms with van der Waals surface area (Å²) in [6, 6.07) is 2.77. The summed E-state index contributed by atoms with van der Waals surface area (Å²) in [5, 5.41) is 5.62. The molecule has 1 aromatic rings. The van der Waals surface area contributed by atoms with Gasteiger partial charge in [0, 0.05) is 37.6 Å². The van der Waals surface area contributed by atoms with Crippen LogP contribution in [0.15, 0.2) is 11.4 Å². The Kier molecular flexibility index (Phi) is 4.56. The number of hydrogen-bond acceptors (Lipinski definition) is 4. The number of thiophene rings is 1. The highest BCUT2D eigenvalue weighted by atomic mass is 32.1. The van der Waals surface area contributed by atoms with Crippen LogP contribution in [-0.4, -0.2) is 56.6 Å². The minimum atomic E-state index is 0.535. The van der Waals surface area contributed by atoms with Gasteiger partial charge in [0.2, 0.25) is 0 Å². The number of nitrogens with zero attached hydrogens (tertiary/aromatic N) is 2. The second-order valence-corrected chi connectivity index (χ2v) is 5.95. The van der Waals surface area contributed by atoms with Crippen molar-refractivity contribution in [1.82, 2.24) is 15.1 Å². The standard InChI is InChI=1S/C13H23N3S/c1-11-4-9-17-13(11)12(15(2)3)10-16-7-5-14-6-8-16/h4,9,12,14H,5-8,10H2,1-3H3. The van der Waals surface area contributed by atoms with Crippen LogP contribution in [0.25, 0.3) is 0 Å². The first-order chi connectivity index (χ1) is 8.18. The van der Waals surface area contributed by atoms with Crippen molar-refractivity contribution in [3.63, 3.8) is 0 Å². The van der Waals surface area contributed by atoms with Crippen LogP contribution in [0, 0.1) is 6.92 Å².